The molecule has 3 aromatic rings. The van der Waals surface area contributed by atoms with Gasteiger partial charge >= 0.3 is 0 Å². The summed E-state index contributed by atoms with van der Waals surface area (Å²) in [6.07, 6.45) is 3.78. The Balaban J connectivity index is 1.82. The number of rotatable bonds is 14. The number of nitrogens with two attached hydrogens (primary N) is 2. The van der Waals surface area contributed by atoms with Crippen LogP contribution in [0.25, 0.3) is 0 Å². The molecule has 39 heavy (non-hydrogen) atoms. The van der Waals surface area contributed by atoms with Crippen LogP contribution in [0.3, 0.4) is 0 Å². The molecule has 0 fully saturated rings. The van der Waals surface area contributed by atoms with Gasteiger partial charge in [-0.2, -0.15) is 0 Å². The van der Waals surface area contributed by atoms with Crippen LogP contribution < -0.4 is 27.1 Å². The van der Waals surface area contributed by atoms with E-state index < -0.39 is 34.1 Å². The third kappa shape index (κ3) is 8.82. The Hall–Kier alpha value is -4.45. The first-order valence-electron chi connectivity index (χ1n) is 12.3. The minimum absolute atomic E-state index is 0.00102. The number of aromatic nitrogens is 1. The lowest BCUT2D eigenvalue weighted by atomic mass is 10.0. The summed E-state index contributed by atoms with van der Waals surface area (Å²) in [4.78, 5) is 41.3. The molecule has 1 atom stereocenters. The molecule has 206 valence electrons. The van der Waals surface area contributed by atoms with E-state index in [1.54, 1.807) is 24.3 Å². The number of aldehydes is 1. The second-order valence-electron chi connectivity index (χ2n) is 8.81. The number of carbonyl (C=O) groups excluding carboxylic acids is 2. The smallest absolute Gasteiger partial charge is 0.275 e. The maximum absolute atomic E-state index is 13.4. The third-order valence-electron chi connectivity index (χ3n) is 5.86. The SMILES string of the molecule is NC(N)=NCCC[C@@H](C=O)NC(=O)Cn1ccc(CCc2ccccc2)c(NS(=O)(=O)c2ccccc2)c1=O. The Bertz CT molecular complexity index is 1450. The lowest BCUT2D eigenvalue weighted by Crippen LogP contribution is -2.40. The first kappa shape index (κ1) is 29.1. The normalized spacial score (nSPS) is 11.8. The van der Waals surface area contributed by atoms with Crippen LogP contribution in [0.5, 0.6) is 0 Å². The molecule has 0 bridgehead atoms. The van der Waals surface area contributed by atoms with Crippen molar-refractivity contribution < 1.29 is 18.0 Å². The number of carbonyl (C=O) groups is 2. The average Bonchev–Trinajstić information content (AvgIpc) is 2.93. The molecule has 1 heterocycles. The van der Waals surface area contributed by atoms with E-state index in [9.17, 15) is 22.8 Å². The van der Waals surface area contributed by atoms with Crippen molar-refractivity contribution in [3.63, 3.8) is 0 Å². The van der Waals surface area contributed by atoms with Crippen LogP contribution >= 0.6 is 0 Å². The van der Waals surface area contributed by atoms with E-state index >= 15 is 0 Å². The fourth-order valence-corrected chi connectivity index (χ4v) is 4.99. The van der Waals surface area contributed by atoms with Crippen LogP contribution in [0.2, 0.25) is 0 Å². The molecule has 1 amide bonds. The molecular weight excluding hydrogens is 520 g/mol. The van der Waals surface area contributed by atoms with Gasteiger partial charge in [0.2, 0.25) is 5.91 Å². The van der Waals surface area contributed by atoms with Gasteiger partial charge < -0.3 is 26.1 Å². The summed E-state index contributed by atoms with van der Waals surface area (Å²) in [6.45, 7) is -0.104. The second kappa shape index (κ2) is 13.9. The van der Waals surface area contributed by atoms with Crippen molar-refractivity contribution in [2.24, 2.45) is 16.5 Å². The van der Waals surface area contributed by atoms with Crippen LogP contribution in [-0.4, -0.2) is 43.7 Å². The molecular formula is C27H32N6O5S. The van der Waals surface area contributed by atoms with Gasteiger partial charge in [-0.1, -0.05) is 48.5 Å². The molecule has 0 saturated carbocycles. The molecule has 12 heteroatoms. The minimum Gasteiger partial charge on any atom is -0.370 e. The number of guanidine groups is 1. The molecule has 6 N–H and O–H groups in total. The number of pyridine rings is 1. The summed E-state index contributed by atoms with van der Waals surface area (Å²) in [5.74, 6) is -0.642. The summed E-state index contributed by atoms with van der Waals surface area (Å²) in [5, 5.41) is 2.57. The Morgan fingerprint density at radius 2 is 1.67 bits per heavy atom. The Morgan fingerprint density at radius 1 is 1.00 bits per heavy atom. The zero-order chi connectivity index (χ0) is 28.3. The van der Waals surface area contributed by atoms with Crippen LogP contribution in [0, 0.1) is 0 Å². The first-order chi connectivity index (χ1) is 18.7. The van der Waals surface area contributed by atoms with Crippen molar-refractivity contribution in [3.8, 4) is 0 Å². The molecule has 0 unspecified atom stereocenters. The average molecular weight is 553 g/mol. The van der Waals surface area contributed by atoms with Crippen LogP contribution in [0.4, 0.5) is 5.69 Å². The summed E-state index contributed by atoms with van der Waals surface area (Å²) in [7, 11) is -4.07. The maximum Gasteiger partial charge on any atom is 0.275 e. The van der Waals surface area contributed by atoms with Crippen molar-refractivity contribution in [2.45, 2.75) is 43.2 Å². The van der Waals surface area contributed by atoms with Gasteiger partial charge in [0.1, 0.15) is 18.5 Å². The van der Waals surface area contributed by atoms with Gasteiger partial charge in [0, 0.05) is 12.7 Å². The van der Waals surface area contributed by atoms with Crippen molar-refractivity contribution >= 4 is 33.9 Å². The quantitative estimate of drug-likeness (QED) is 0.100. The van der Waals surface area contributed by atoms with E-state index in [2.05, 4.69) is 15.0 Å². The zero-order valence-electron chi connectivity index (χ0n) is 21.3. The van der Waals surface area contributed by atoms with Gasteiger partial charge in [0.25, 0.3) is 15.6 Å². The molecule has 0 spiro atoms. The molecule has 0 aliphatic heterocycles. The van der Waals surface area contributed by atoms with E-state index in [4.69, 9.17) is 11.5 Å². The molecule has 0 aliphatic carbocycles. The number of hydrogen-bond acceptors (Lipinski definition) is 6. The Kier molecular flexibility index (Phi) is 10.4. The van der Waals surface area contributed by atoms with Crippen LogP contribution in [0.15, 0.2) is 87.6 Å². The maximum atomic E-state index is 13.4. The largest absolute Gasteiger partial charge is 0.370 e. The summed E-state index contributed by atoms with van der Waals surface area (Å²) >= 11 is 0. The highest BCUT2D eigenvalue weighted by Gasteiger charge is 2.20. The number of hydrogen-bond donors (Lipinski definition) is 4. The molecule has 0 aliphatic rings. The van der Waals surface area contributed by atoms with Gasteiger partial charge in [-0.25, -0.2) is 8.42 Å². The van der Waals surface area contributed by atoms with Gasteiger partial charge in [0.05, 0.1) is 10.9 Å². The standard InChI is InChI=1S/C27H32N6O5S/c28-27(29)30-16-7-10-22(19-34)31-24(35)18-33-17-15-21(14-13-20-8-3-1-4-9-20)25(26(33)36)32-39(37,38)23-11-5-2-6-12-23/h1-6,8-9,11-12,15,17,19,22,32H,7,10,13-14,16,18H2,(H,31,35)(H4,28,29,30)/t22-/m0/s1. The molecule has 3 rings (SSSR count). The van der Waals surface area contributed by atoms with Crippen molar-refractivity contribution in [1.29, 1.82) is 0 Å². The Labute approximate surface area is 227 Å². The molecule has 11 nitrogen and oxygen atoms in total. The van der Waals surface area contributed by atoms with Crippen LogP contribution in [-0.2, 0) is 39.0 Å². The highest BCUT2D eigenvalue weighted by atomic mass is 32.2. The third-order valence-corrected chi connectivity index (χ3v) is 7.23. The highest BCUT2D eigenvalue weighted by molar-refractivity contribution is 7.92. The van der Waals surface area contributed by atoms with Gasteiger partial charge in [0.15, 0.2) is 5.96 Å². The van der Waals surface area contributed by atoms with Gasteiger partial charge in [-0.3, -0.25) is 19.3 Å². The predicted molar refractivity (Wildman–Crippen MR) is 150 cm³/mol. The molecule has 0 radical (unpaired) electrons. The topological polar surface area (TPSA) is 179 Å². The number of anilines is 1. The fraction of sp³-hybridized carbons (Fsp3) is 0.259. The van der Waals surface area contributed by atoms with E-state index in [1.807, 2.05) is 30.3 Å². The molecule has 2 aromatic carbocycles. The lowest BCUT2D eigenvalue weighted by molar-refractivity contribution is -0.124. The van der Waals surface area contributed by atoms with Gasteiger partial charge in [-0.15, -0.1) is 0 Å². The fourth-order valence-electron chi connectivity index (χ4n) is 3.87. The molecule has 0 saturated heterocycles. The number of sulfonamides is 1. The number of aryl methyl sites for hydroxylation is 2. The minimum atomic E-state index is -4.07. The highest BCUT2D eigenvalue weighted by Crippen LogP contribution is 2.19. The van der Waals surface area contributed by atoms with Gasteiger partial charge in [-0.05, 0) is 55.0 Å². The van der Waals surface area contributed by atoms with E-state index in [1.165, 1.54) is 18.3 Å². The van der Waals surface area contributed by atoms with Crippen molar-refractivity contribution in [1.82, 2.24) is 9.88 Å². The lowest BCUT2D eigenvalue weighted by Gasteiger charge is -2.16. The van der Waals surface area contributed by atoms with Crippen molar-refractivity contribution in [2.75, 3.05) is 11.3 Å². The van der Waals surface area contributed by atoms with Crippen LogP contribution in [0.1, 0.15) is 24.0 Å². The van der Waals surface area contributed by atoms with Crippen molar-refractivity contribution in [3.05, 3.63) is 94.4 Å². The molecule has 1 aromatic heterocycles. The first-order valence-corrected chi connectivity index (χ1v) is 13.8. The number of amides is 1. The number of nitrogens with one attached hydrogen (secondary N) is 2. The van der Waals surface area contributed by atoms with E-state index in [0.29, 0.717) is 44.1 Å². The predicted octanol–water partition coefficient (Wildman–Crippen LogP) is 1.17. The van der Waals surface area contributed by atoms with E-state index in [0.717, 1.165) is 10.1 Å². The Morgan fingerprint density at radius 3 is 2.31 bits per heavy atom. The number of aliphatic imine (C=N–C) groups is 1. The zero-order valence-corrected chi connectivity index (χ0v) is 22.1. The summed E-state index contributed by atoms with van der Waals surface area (Å²) in [5.41, 5.74) is 11.3. The number of nitrogens with zero attached hydrogens (tertiary/aromatic N) is 2. The summed E-state index contributed by atoms with van der Waals surface area (Å²) < 4.78 is 29.7. The second-order valence-corrected chi connectivity index (χ2v) is 10.5. The van der Waals surface area contributed by atoms with E-state index in [-0.39, 0.29) is 16.5 Å². The summed E-state index contributed by atoms with van der Waals surface area (Å²) in [6, 6.07) is 18.1. The number of benzene rings is 2. The monoisotopic (exact) mass is 552 g/mol.